The predicted molar refractivity (Wildman–Crippen MR) is 78.7 cm³/mol. The number of nitrogens with zero attached hydrogens (tertiary/aromatic N) is 2. The minimum Gasteiger partial charge on any atom is -0.468 e. The lowest BCUT2D eigenvalue weighted by atomic mass is 9.78. The molecule has 0 aromatic carbocycles. The maximum atomic E-state index is 12.1. The predicted octanol–water partition coefficient (Wildman–Crippen LogP) is 1.74. The highest BCUT2D eigenvalue weighted by Gasteiger charge is 2.45. The molecule has 2 saturated heterocycles. The Labute approximate surface area is 125 Å². The summed E-state index contributed by atoms with van der Waals surface area (Å²) in [7, 11) is 3.58. The summed E-state index contributed by atoms with van der Waals surface area (Å²) in [5.41, 5.74) is 0.140. The van der Waals surface area contributed by atoms with Crippen LogP contribution in [0.15, 0.2) is 22.8 Å². The molecule has 1 spiro atoms. The standard InChI is InChI=1S/C16H24N2O3/c1-17(2)15(19)14-9-16(12-21-14)6-4-7-18(11-16)10-13-5-3-8-20-13/h3,5,8,14H,4,6-7,9-12H2,1-2H3. The molecular weight excluding hydrogens is 268 g/mol. The summed E-state index contributed by atoms with van der Waals surface area (Å²) in [6, 6.07) is 3.95. The monoisotopic (exact) mass is 292 g/mol. The maximum Gasteiger partial charge on any atom is 0.251 e. The molecule has 5 nitrogen and oxygen atoms in total. The van der Waals surface area contributed by atoms with E-state index >= 15 is 0 Å². The van der Waals surface area contributed by atoms with Gasteiger partial charge in [-0.25, -0.2) is 0 Å². The molecule has 0 radical (unpaired) electrons. The number of carbonyl (C=O) groups is 1. The first-order valence-electron chi connectivity index (χ1n) is 7.66. The number of furan rings is 1. The van der Waals surface area contributed by atoms with Gasteiger partial charge in [0.25, 0.3) is 5.91 Å². The molecule has 0 saturated carbocycles. The largest absolute Gasteiger partial charge is 0.468 e. The van der Waals surface area contributed by atoms with Gasteiger partial charge in [-0.2, -0.15) is 0 Å². The van der Waals surface area contributed by atoms with Crippen LogP contribution in [-0.2, 0) is 16.1 Å². The molecule has 1 amide bonds. The molecule has 2 fully saturated rings. The molecule has 1 aromatic rings. The van der Waals surface area contributed by atoms with Gasteiger partial charge in [-0.05, 0) is 37.9 Å². The van der Waals surface area contributed by atoms with E-state index in [2.05, 4.69) is 4.90 Å². The van der Waals surface area contributed by atoms with E-state index in [1.54, 1.807) is 25.3 Å². The lowest BCUT2D eigenvalue weighted by molar-refractivity contribution is -0.138. The van der Waals surface area contributed by atoms with Crippen LogP contribution in [0.4, 0.5) is 0 Å². The zero-order chi connectivity index (χ0) is 14.9. The first-order valence-corrected chi connectivity index (χ1v) is 7.66. The number of amides is 1. The molecule has 1 aromatic heterocycles. The van der Waals surface area contributed by atoms with Crippen molar-refractivity contribution < 1.29 is 13.9 Å². The van der Waals surface area contributed by atoms with E-state index in [1.165, 1.54) is 0 Å². The summed E-state index contributed by atoms with van der Waals surface area (Å²) in [6.07, 6.45) is 4.62. The van der Waals surface area contributed by atoms with Gasteiger partial charge in [-0.1, -0.05) is 0 Å². The van der Waals surface area contributed by atoms with E-state index in [1.807, 2.05) is 12.1 Å². The van der Waals surface area contributed by atoms with Gasteiger partial charge in [0.2, 0.25) is 0 Å². The molecule has 21 heavy (non-hydrogen) atoms. The maximum absolute atomic E-state index is 12.1. The van der Waals surface area contributed by atoms with Gasteiger partial charge >= 0.3 is 0 Å². The van der Waals surface area contributed by atoms with Crippen LogP contribution in [0.5, 0.6) is 0 Å². The Morgan fingerprint density at radius 1 is 1.52 bits per heavy atom. The second-order valence-electron chi connectivity index (χ2n) is 6.63. The second kappa shape index (κ2) is 5.81. The SMILES string of the molecule is CN(C)C(=O)C1CC2(CCCN(Cc3ccco3)C2)CO1. The third-order valence-electron chi connectivity index (χ3n) is 4.63. The molecule has 3 heterocycles. The molecule has 116 valence electrons. The van der Waals surface area contributed by atoms with E-state index in [0.717, 1.165) is 44.7 Å². The highest BCUT2D eigenvalue weighted by atomic mass is 16.5. The van der Waals surface area contributed by atoms with Gasteiger partial charge < -0.3 is 14.1 Å². The van der Waals surface area contributed by atoms with Crippen LogP contribution in [-0.4, -0.2) is 55.6 Å². The molecular formula is C16H24N2O3. The fraction of sp³-hybridized carbons (Fsp3) is 0.688. The van der Waals surface area contributed by atoms with Crippen molar-refractivity contribution in [3.63, 3.8) is 0 Å². The normalized spacial score (nSPS) is 29.9. The van der Waals surface area contributed by atoms with Gasteiger partial charge in [-0.3, -0.25) is 9.69 Å². The fourth-order valence-corrected chi connectivity index (χ4v) is 3.59. The molecule has 3 rings (SSSR count). The molecule has 0 aliphatic carbocycles. The molecule has 2 aliphatic heterocycles. The average Bonchev–Trinajstić information content (AvgIpc) is 3.09. The Hall–Kier alpha value is -1.33. The van der Waals surface area contributed by atoms with Gasteiger partial charge in [0.15, 0.2) is 0 Å². The van der Waals surface area contributed by atoms with E-state index in [9.17, 15) is 4.79 Å². The van der Waals surface area contributed by atoms with Crippen molar-refractivity contribution in [2.75, 3.05) is 33.8 Å². The van der Waals surface area contributed by atoms with Crippen molar-refractivity contribution in [1.82, 2.24) is 9.80 Å². The Balaban J connectivity index is 1.62. The van der Waals surface area contributed by atoms with E-state index < -0.39 is 0 Å². The minimum atomic E-state index is -0.261. The zero-order valence-electron chi connectivity index (χ0n) is 12.9. The smallest absolute Gasteiger partial charge is 0.251 e. The van der Waals surface area contributed by atoms with Gasteiger partial charge in [-0.15, -0.1) is 0 Å². The number of carbonyl (C=O) groups excluding carboxylic acids is 1. The number of rotatable bonds is 3. The van der Waals surface area contributed by atoms with E-state index in [-0.39, 0.29) is 17.4 Å². The van der Waals surface area contributed by atoms with Crippen LogP contribution in [0.3, 0.4) is 0 Å². The summed E-state index contributed by atoms with van der Waals surface area (Å²) >= 11 is 0. The third kappa shape index (κ3) is 3.14. The first-order chi connectivity index (χ1) is 10.1. The summed E-state index contributed by atoms with van der Waals surface area (Å²) in [6.45, 7) is 3.63. The molecule has 2 aliphatic rings. The average molecular weight is 292 g/mol. The van der Waals surface area contributed by atoms with Crippen molar-refractivity contribution in [2.45, 2.75) is 31.9 Å². The van der Waals surface area contributed by atoms with Crippen molar-refractivity contribution in [2.24, 2.45) is 5.41 Å². The number of piperidine rings is 1. The van der Waals surface area contributed by atoms with Crippen LogP contribution >= 0.6 is 0 Å². The van der Waals surface area contributed by atoms with Crippen LogP contribution < -0.4 is 0 Å². The molecule has 0 bridgehead atoms. The first kappa shape index (κ1) is 14.6. The lowest BCUT2D eigenvalue weighted by Crippen LogP contribution is -2.43. The molecule has 0 N–H and O–H groups in total. The van der Waals surface area contributed by atoms with Gasteiger partial charge in [0.1, 0.15) is 11.9 Å². The lowest BCUT2D eigenvalue weighted by Gasteiger charge is -2.39. The van der Waals surface area contributed by atoms with E-state index in [4.69, 9.17) is 9.15 Å². The zero-order valence-corrected chi connectivity index (χ0v) is 12.9. The van der Waals surface area contributed by atoms with Crippen LogP contribution in [0.1, 0.15) is 25.0 Å². The Bertz CT molecular complexity index is 486. The summed E-state index contributed by atoms with van der Waals surface area (Å²) in [5, 5.41) is 0. The van der Waals surface area contributed by atoms with Crippen molar-refractivity contribution in [1.29, 1.82) is 0 Å². The Kier molecular flexibility index (Phi) is 4.04. The highest BCUT2D eigenvalue weighted by molar-refractivity contribution is 5.80. The van der Waals surface area contributed by atoms with Gasteiger partial charge in [0.05, 0.1) is 19.4 Å². The van der Waals surface area contributed by atoms with Crippen molar-refractivity contribution in [3.8, 4) is 0 Å². The summed E-state index contributed by atoms with van der Waals surface area (Å²) in [5.74, 6) is 1.10. The molecule has 5 heteroatoms. The third-order valence-corrected chi connectivity index (χ3v) is 4.63. The number of likely N-dealkylation sites (tertiary alicyclic amines) is 1. The fourth-order valence-electron chi connectivity index (χ4n) is 3.59. The highest BCUT2D eigenvalue weighted by Crippen LogP contribution is 2.41. The van der Waals surface area contributed by atoms with Crippen LogP contribution in [0.2, 0.25) is 0 Å². The number of likely N-dealkylation sites (N-methyl/N-ethyl adjacent to an activating group) is 1. The number of ether oxygens (including phenoxy) is 1. The Morgan fingerprint density at radius 2 is 2.38 bits per heavy atom. The minimum absolute atomic E-state index is 0.0926. The number of hydrogen-bond donors (Lipinski definition) is 0. The number of hydrogen-bond acceptors (Lipinski definition) is 4. The quantitative estimate of drug-likeness (QED) is 0.851. The Morgan fingerprint density at radius 3 is 3.10 bits per heavy atom. The van der Waals surface area contributed by atoms with Crippen molar-refractivity contribution >= 4 is 5.91 Å². The molecule has 2 atom stereocenters. The van der Waals surface area contributed by atoms with E-state index in [0.29, 0.717) is 6.61 Å². The van der Waals surface area contributed by atoms with Gasteiger partial charge in [0, 0.05) is 26.1 Å². The van der Waals surface area contributed by atoms with Crippen molar-refractivity contribution in [3.05, 3.63) is 24.2 Å². The second-order valence-corrected chi connectivity index (χ2v) is 6.63. The molecule has 2 unspecified atom stereocenters. The summed E-state index contributed by atoms with van der Waals surface area (Å²) in [4.78, 5) is 16.1. The summed E-state index contributed by atoms with van der Waals surface area (Å²) < 4.78 is 11.3. The van der Waals surface area contributed by atoms with Crippen LogP contribution in [0.25, 0.3) is 0 Å². The van der Waals surface area contributed by atoms with Crippen LogP contribution in [0, 0.1) is 5.41 Å². The topological polar surface area (TPSA) is 45.9 Å².